The molecule has 6 nitrogen and oxygen atoms in total. The van der Waals surface area contributed by atoms with Gasteiger partial charge in [0.05, 0.1) is 45.2 Å². The molecule has 5 aromatic heterocycles. The zero-order chi connectivity index (χ0) is 74.0. The zero-order valence-corrected chi connectivity index (χ0v) is 60.8. The Hall–Kier alpha value is -15.0. The lowest BCUT2D eigenvalue weighted by Crippen LogP contribution is -1.97. The van der Waals surface area contributed by atoms with Gasteiger partial charge in [0.25, 0.3) is 0 Å². The van der Waals surface area contributed by atoms with Gasteiger partial charge in [0.15, 0.2) is 5.82 Å². The molecule has 0 aliphatic rings. The van der Waals surface area contributed by atoms with Crippen LogP contribution in [0, 0.1) is 0 Å². The Balaban J connectivity index is 0.000000142. The highest BCUT2D eigenvalue weighted by atomic mass is 14.9. The molecule has 5 heterocycles. The van der Waals surface area contributed by atoms with Crippen LogP contribution in [-0.4, -0.2) is 29.9 Å². The van der Waals surface area contributed by atoms with Gasteiger partial charge in [0.1, 0.15) is 0 Å². The number of aromatic nitrogens is 6. The molecule has 0 aliphatic carbocycles. The van der Waals surface area contributed by atoms with Crippen molar-refractivity contribution in [2.24, 2.45) is 0 Å². The average molecular weight is 1420 g/mol. The van der Waals surface area contributed by atoms with Gasteiger partial charge in [-0.25, -0.2) is 19.9 Å². The van der Waals surface area contributed by atoms with E-state index in [0.29, 0.717) is 5.82 Å². The third-order valence-electron chi connectivity index (χ3n) is 22.2. The van der Waals surface area contributed by atoms with E-state index in [0.717, 1.165) is 106 Å². The van der Waals surface area contributed by atoms with Gasteiger partial charge < -0.3 is 0 Å². The normalized spacial score (nSPS) is 11.6. The number of pyridine rings is 4. The fourth-order valence-electron chi connectivity index (χ4n) is 16.8. The minimum Gasteiger partial charge on any atom is -0.256 e. The minimum absolute atomic E-state index is 0.647. The van der Waals surface area contributed by atoms with Gasteiger partial charge in [-0.2, -0.15) is 0 Å². The molecule has 22 aromatic rings. The van der Waals surface area contributed by atoms with Crippen molar-refractivity contribution in [3.8, 4) is 112 Å². The van der Waals surface area contributed by atoms with Crippen molar-refractivity contribution in [3.05, 3.63) is 401 Å². The topological polar surface area (TPSA) is 77.3 Å². The summed E-state index contributed by atoms with van der Waals surface area (Å²) >= 11 is 0. The Labute approximate surface area is 646 Å². The zero-order valence-electron chi connectivity index (χ0n) is 60.8. The fourth-order valence-corrected chi connectivity index (χ4v) is 16.8. The van der Waals surface area contributed by atoms with Crippen molar-refractivity contribution in [2.45, 2.75) is 0 Å². The largest absolute Gasteiger partial charge is 0.256 e. The molecule has 0 spiro atoms. The Kier molecular flexibility index (Phi) is 16.1. The van der Waals surface area contributed by atoms with Crippen LogP contribution in [0.3, 0.4) is 0 Å². The van der Waals surface area contributed by atoms with Crippen molar-refractivity contribution in [2.75, 3.05) is 0 Å². The first kappa shape index (κ1) is 65.3. The number of hydrogen-bond donors (Lipinski definition) is 0. The highest BCUT2D eigenvalue weighted by molar-refractivity contribution is 6.27. The number of fused-ring (bicyclic) bond motifs is 14. The summed E-state index contributed by atoms with van der Waals surface area (Å²) in [7, 11) is 0. The predicted molar refractivity (Wildman–Crippen MR) is 469 cm³/mol. The van der Waals surface area contributed by atoms with E-state index in [9.17, 15) is 0 Å². The maximum atomic E-state index is 5.24. The van der Waals surface area contributed by atoms with Crippen LogP contribution >= 0.6 is 0 Å². The molecular formula is C106H66N6. The molecule has 0 saturated carbocycles. The average Bonchev–Trinajstić information content (AvgIpc) is 0.724. The molecule has 6 heteroatoms. The molecule has 0 N–H and O–H groups in total. The standard InChI is InChI=1S/C56H34N2.C50H32N4/c1-4-18-40-35(13-1)16-11-24-43(40)54-45-21-7-8-22-46(45)55(44-25-12-17-36-14-2-5-19-41(36)44)50-33-38(28-30-47(50)54)51-32-29-39(34-57-51)56-49-31-27-37-15-3-6-20-42(37)53(49)48-23-9-10-26-52(48)58-56;1-3-11-33(12-4-1)35-19-23-38(24-20-35)46-31-47(54-50(53-46)39-25-21-36(22-26-39)34-13-5-2-6-14-34)45-30-28-40(32-51-45)49-43-29-27-37-15-7-8-16-41(37)48(43)42-17-9-10-18-44(42)52-49/h1-34H;1-32H. The summed E-state index contributed by atoms with van der Waals surface area (Å²) in [6, 6.07) is 138. The van der Waals surface area contributed by atoms with Gasteiger partial charge in [-0.05, 0) is 158 Å². The van der Waals surface area contributed by atoms with Gasteiger partial charge in [-0.1, -0.05) is 340 Å². The van der Waals surface area contributed by atoms with Crippen LogP contribution in [0.2, 0.25) is 0 Å². The molecule has 0 amide bonds. The quantitative estimate of drug-likeness (QED) is 0.100. The van der Waals surface area contributed by atoms with Crippen molar-refractivity contribution >= 4 is 108 Å². The summed E-state index contributed by atoms with van der Waals surface area (Å²) in [5.74, 6) is 0.647. The van der Waals surface area contributed by atoms with Crippen LogP contribution in [0.15, 0.2) is 401 Å². The van der Waals surface area contributed by atoms with Crippen LogP contribution in [-0.2, 0) is 0 Å². The van der Waals surface area contributed by atoms with E-state index in [2.05, 4.69) is 358 Å². The van der Waals surface area contributed by atoms with Crippen molar-refractivity contribution in [1.29, 1.82) is 0 Å². The number of benzene rings is 17. The number of hydrogen-bond acceptors (Lipinski definition) is 6. The molecule has 520 valence electrons. The first-order valence-electron chi connectivity index (χ1n) is 38.0. The van der Waals surface area contributed by atoms with E-state index in [4.69, 9.17) is 29.9 Å². The second-order valence-corrected chi connectivity index (χ2v) is 28.7. The lowest BCUT2D eigenvalue weighted by atomic mass is 9.83. The Bertz CT molecular complexity index is 7310. The Morgan fingerprint density at radius 2 is 0.527 bits per heavy atom. The molecule has 0 unspecified atom stereocenters. The monoisotopic (exact) mass is 1420 g/mol. The fraction of sp³-hybridized carbons (Fsp3) is 0. The van der Waals surface area contributed by atoms with Crippen LogP contribution in [0.5, 0.6) is 0 Å². The van der Waals surface area contributed by atoms with E-state index >= 15 is 0 Å². The first-order chi connectivity index (χ1) is 55.5. The molecule has 0 atom stereocenters. The highest BCUT2D eigenvalue weighted by Crippen LogP contribution is 2.49. The first-order valence-corrected chi connectivity index (χ1v) is 38.0. The van der Waals surface area contributed by atoms with Gasteiger partial charge in [-0.3, -0.25) is 9.97 Å². The van der Waals surface area contributed by atoms with Gasteiger partial charge in [-0.15, -0.1) is 0 Å². The number of nitrogens with zero attached hydrogens (tertiary/aromatic N) is 6. The molecule has 0 bridgehead atoms. The summed E-state index contributed by atoms with van der Waals surface area (Å²) in [4.78, 5) is 30.8. The lowest BCUT2D eigenvalue weighted by molar-refractivity contribution is 1.16. The summed E-state index contributed by atoms with van der Waals surface area (Å²) < 4.78 is 0. The summed E-state index contributed by atoms with van der Waals surface area (Å²) in [6.07, 6.45) is 3.92. The van der Waals surface area contributed by atoms with Gasteiger partial charge in [0, 0.05) is 72.5 Å². The molecule has 0 aliphatic heterocycles. The summed E-state index contributed by atoms with van der Waals surface area (Å²) in [5, 5.41) is 21.7. The van der Waals surface area contributed by atoms with Crippen molar-refractivity contribution in [3.63, 3.8) is 0 Å². The SMILES string of the molecule is c1ccc(-c2ccc(-c3cc(-c4ccc(-c5nc6ccccc6c6c5ccc5ccccc56)cn4)nc(-c4ccc(-c5ccccc5)cc4)n3)cc2)cc1.c1ccc2c(-c3c4ccccc4c(-c4cccc5ccccc45)c4cc(-c5ccc(-c6nc7ccccc7c7c6ccc6ccccc67)cn5)ccc34)cccc2c1. The minimum atomic E-state index is 0.647. The van der Waals surface area contributed by atoms with Crippen LogP contribution in [0.1, 0.15) is 0 Å². The van der Waals surface area contributed by atoms with Gasteiger partial charge in [0.2, 0.25) is 0 Å². The summed E-state index contributed by atoms with van der Waals surface area (Å²) in [5.41, 5.74) is 21.7. The molecule has 112 heavy (non-hydrogen) atoms. The second kappa shape index (κ2) is 27.7. The second-order valence-electron chi connectivity index (χ2n) is 28.7. The van der Waals surface area contributed by atoms with Crippen molar-refractivity contribution in [1.82, 2.24) is 29.9 Å². The van der Waals surface area contributed by atoms with Crippen molar-refractivity contribution < 1.29 is 0 Å². The van der Waals surface area contributed by atoms with Crippen LogP contribution in [0.25, 0.3) is 220 Å². The molecule has 0 saturated heterocycles. The highest BCUT2D eigenvalue weighted by Gasteiger charge is 2.23. The number of rotatable bonds is 10. The molecule has 0 fully saturated rings. The van der Waals surface area contributed by atoms with Crippen LogP contribution < -0.4 is 0 Å². The van der Waals surface area contributed by atoms with E-state index in [1.54, 1.807) is 0 Å². The Morgan fingerprint density at radius 1 is 0.170 bits per heavy atom. The van der Waals surface area contributed by atoms with E-state index in [1.165, 1.54) is 109 Å². The molecular weight excluding hydrogens is 1360 g/mol. The van der Waals surface area contributed by atoms with E-state index in [1.807, 2.05) is 42.7 Å². The van der Waals surface area contributed by atoms with E-state index in [-0.39, 0.29) is 0 Å². The third kappa shape index (κ3) is 11.6. The smallest absolute Gasteiger partial charge is 0.160 e. The van der Waals surface area contributed by atoms with Gasteiger partial charge >= 0.3 is 0 Å². The Morgan fingerprint density at radius 3 is 1.03 bits per heavy atom. The van der Waals surface area contributed by atoms with E-state index < -0.39 is 0 Å². The molecule has 17 aromatic carbocycles. The predicted octanol–water partition coefficient (Wildman–Crippen LogP) is 27.9. The third-order valence-corrected chi connectivity index (χ3v) is 22.2. The lowest BCUT2D eigenvalue weighted by Gasteiger charge is -2.20. The maximum absolute atomic E-state index is 5.24. The maximum Gasteiger partial charge on any atom is 0.160 e. The van der Waals surface area contributed by atoms with Crippen LogP contribution in [0.4, 0.5) is 0 Å². The molecule has 0 radical (unpaired) electrons. The summed E-state index contributed by atoms with van der Waals surface area (Å²) in [6.45, 7) is 0. The molecule has 22 rings (SSSR count). The number of para-hydroxylation sites is 2.